The van der Waals surface area contributed by atoms with Crippen LogP contribution >= 0.6 is 11.6 Å². The molecular weight excluding hydrogens is 355 g/mol. The highest BCUT2D eigenvalue weighted by Crippen LogP contribution is 2.19. The molecule has 0 spiro atoms. The number of carbonyl (C=O) groups excluding carboxylic acids is 2. The molecule has 2 N–H and O–H groups in total. The third-order valence-corrected chi connectivity index (χ3v) is 4.22. The maximum absolute atomic E-state index is 12.8. The molecule has 2 aromatic carbocycles. The minimum atomic E-state index is -0.356. The zero-order chi connectivity index (χ0) is 19.1. The summed E-state index contributed by atoms with van der Waals surface area (Å²) in [5.41, 5.74) is 2.27. The molecule has 0 saturated heterocycles. The topological polar surface area (TPSA) is 58.2 Å². The van der Waals surface area contributed by atoms with Gasteiger partial charge in [0.2, 0.25) is 5.91 Å². The molecule has 0 bridgehead atoms. The number of amides is 2. The van der Waals surface area contributed by atoms with Gasteiger partial charge in [0.25, 0.3) is 5.91 Å². The van der Waals surface area contributed by atoms with E-state index in [-0.39, 0.29) is 24.1 Å². The number of anilines is 1. The van der Waals surface area contributed by atoms with E-state index in [1.807, 2.05) is 0 Å². The van der Waals surface area contributed by atoms with Gasteiger partial charge in [0.1, 0.15) is 5.82 Å². The average molecular weight is 375 g/mol. The number of benzene rings is 2. The Morgan fingerprint density at radius 1 is 1.12 bits per heavy atom. The first-order chi connectivity index (χ1) is 12.4. The second-order valence-corrected chi connectivity index (χ2v) is 6.29. The molecule has 0 atom stereocenters. The van der Waals surface area contributed by atoms with Crippen molar-refractivity contribution in [3.63, 3.8) is 0 Å². The van der Waals surface area contributed by atoms with Crippen LogP contribution in [0.25, 0.3) is 0 Å². The van der Waals surface area contributed by atoms with E-state index in [0.29, 0.717) is 40.4 Å². The standard InChI is InChI=1S/C20H20ClFN2O2/c1-13(23-20(26)17-6-4-7-18(21)14(17)2)5-3-8-19(25)24-16-11-9-15(22)10-12-16/h4,6-7,9-12H,1,3,5,8H2,2H3,(H,23,26)(H,24,25). The summed E-state index contributed by atoms with van der Waals surface area (Å²) in [6, 6.07) is 10.7. The van der Waals surface area contributed by atoms with Crippen LogP contribution in [0.15, 0.2) is 54.7 Å². The van der Waals surface area contributed by atoms with Crippen molar-refractivity contribution in [2.45, 2.75) is 26.2 Å². The van der Waals surface area contributed by atoms with E-state index in [2.05, 4.69) is 17.2 Å². The lowest BCUT2D eigenvalue weighted by atomic mass is 10.1. The molecule has 2 rings (SSSR count). The average Bonchev–Trinajstić information content (AvgIpc) is 2.59. The van der Waals surface area contributed by atoms with Crippen LogP contribution in [0.4, 0.5) is 10.1 Å². The Bertz CT molecular complexity index is 819. The van der Waals surface area contributed by atoms with Gasteiger partial charge in [0.05, 0.1) is 0 Å². The van der Waals surface area contributed by atoms with Crippen molar-refractivity contribution in [1.29, 1.82) is 0 Å². The Morgan fingerprint density at radius 3 is 2.50 bits per heavy atom. The molecular formula is C20H20ClFN2O2. The molecule has 0 radical (unpaired) electrons. The Balaban J connectivity index is 1.76. The van der Waals surface area contributed by atoms with Gasteiger partial charge in [0.15, 0.2) is 0 Å². The largest absolute Gasteiger partial charge is 0.326 e. The Labute approximate surface area is 157 Å². The molecule has 0 aliphatic heterocycles. The van der Waals surface area contributed by atoms with Crippen LogP contribution in [0.5, 0.6) is 0 Å². The third kappa shape index (κ3) is 5.70. The van der Waals surface area contributed by atoms with Crippen molar-refractivity contribution >= 4 is 29.1 Å². The third-order valence-electron chi connectivity index (χ3n) is 3.81. The molecule has 2 aromatic rings. The van der Waals surface area contributed by atoms with Gasteiger partial charge in [-0.1, -0.05) is 24.2 Å². The predicted molar refractivity (Wildman–Crippen MR) is 102 cm³/mol. The van der Waals surface area contributed by atoms with E-state index in [4.69, 9.17) is 11.6 Å². The van der Waals surface area contributed by atoms with Crippen LogP contribution in [0.3, 0.4) is 0 Å². The van der Waals surface area contributed by atoms with Crippen molar-refractivity contribution in [3.05, 3.63) is 76.7 Å². The lowest BCUT2D eigenvalue weighted by Gasteiger charge is -2.11. The van der Waals surface area contributed by atoms with Gasteiger partial charge in [-0.15, -0.1) is 0 Å². The zero-order valence-corrected chi connectivity index (χ0v) is 15.2. The fourth-order valence-electron chi connectivity index (χ4n) is 2.36. The van der Waals surface area contributed by atoms with Crippen LogP contribution in [0, 0.1) is 12.7 Å². The smallest absolute Gasteiger partial charge is 0.255 e. The molecule has 26 heavy (non-hydrogen) atoms. The zero-order valence-electron chi connectivity index (χ0n) is 14.4. The summed E-state index contributed by atoms with van der Waals surface area (Å²) in [5, 5.41) is 5.94. The van der Waals surface area contributed by atoms with Crippen LogP contribution < -0.4 is 10.6 Å². The molecule has 0 aromatic heterocycles. The van der Waals surface area contributed by atoms with Gasteiger partial charge in [-0.3, -0.25) is 9.59 Å². The van der Waals surface area contributed by atoms with E-state index < -0.39 is 0 Å². The predicted octanol–water partition coefficient (Wildman–Crippen LogP) is 4.84. The van der Waals surface area contributed by atoms with E-state index in [0.717, 1.165) is 0 Å². The molecule has 4 nitrogen and oxygen atoms in total. The van der Waals surface area contributed by atoms with E-state index >= 15 is 0 Å². The van der Waals surface area contributed by atoms with E-state index in [9.17, 15) is 14.0 Å². The van der Waals surface area contributed by atoms with Crippen molar-refractivity contribution in [1.82, 2.24) is 5.32 Å². The quantitative estimate of drug-likeness (QED) is 0.728. The molecule has 0 aliphatic carbocycles. The number of hydrogen-bond acceptors (Lipinski definition) is 2. The summed E-state index contributed by atoms with van der Waals surface area (Å²) >= 11 is 6.02. The second kappa shape index (κ2) is 9.15. The second-order valence-electron chi connectivity index (χ2n) is 5.88. The first-order valence-corrected chi connectivity index (χ1v) is 8.54. The number of halogens is 2. The lowest BCUT2D eigenvalue weighted by molar-refractivity contribution is -0.116. The highest BCUT2D eigenvalue weighted by atomic mass is 35.5. The van der Waals surface area contributed by atoms with Crippen LogP contribution in [-0.4, -0.2) is 11.8 Å². The Morgan fingerprint density at radius 2 is 1.81 bits per heavy atom. The minimum Gasteiger partial charge on any atom is -0.326 e. The molecule has 136 valence electrons. The number of hydrogen-bond donors (Lipinski definition) is 2. The van der Waals surface area contributed by atoms with Gasteiger partial charge in [0, 0.05) is 28.4 Å². The number of rotatable bonds is 7. The summed E-state index contributed by atoms with van der Waals surface area (Å²) in [5.74, 6) is -0.808. The summed E-state index contributed by atoms with van der Waals surface area (Å²) in [6.07, 6.45) is 1.27. The fourth-order valence-corrected chi connectivity index (χ4v) is 2.54. The molecule has 0 heterocycles. The van der Waals surface area contributed by atoms with Crippen LogP contribution in [-0.2, 0) is 4.79 Å². The molecule has 2 amide bonds. The first kappa shape index (κ1) is 19.7. The van der Waals surface area contributed by atoms with Crippen molar-refractivity contribution in [3.8, 4) is 0 Å². The van der Waals surface area contributed by atoms with Gasteiger partial charge >= 0.3 is 0 Å². The van der Waals surface area contributed by atoms with Crippen molar-refractivity contribution in [2.75, 3.05) is 5.32 Å². The van der Waals surface area contributed by atoms with E-state index in [1.165, 1.54) is 24.3 Å². The van der Waals surface area contributed by atoms with Gasteiger partial charge < -0.3 is 10.6 Å². The van der Waals surface area contributed by atoms with Crippen LogP contribution in [0.2, 0.25) is 5.02 Å². The van der Waals surface area contributed by atoms with Crippen molar-refractivity contribution in [2.24, 2.45) is 0 Å². The molecule has 0 unspecified atom stereocenters. The summed E-state index contributed by atoms with van der Waals surface area (Å²) < 4.78 is 12.8. The summed E-state index contributed by atoms with van der Waals surface area (Å²) in [7, 11) is 0. The lowest BCUT2D eigenvalue weighted by Crippen LogP contribution is -2.23. The highest BCUT2D eigenvalue weighted by molar-refractivity contribution is 6.31. The summed E-state index contributed by atoms with van der Waals surface area (Å²) in [6.45, 7) is 5.60. The first-order valence-electron chi connectivity index (χ1n) is 8.16. The monoisotopic (exact) mass is 374 g/mol. The van der Waals surface area contributed by atoms with Crippen LogP contribution in [0.1, 0.15) is 35.2 Å². The summed E-state index contributed by atoms with van der Waals surface area (Å²) in [4.78, 5) is 24.1. The fraction of sp³-hybridized carbons (Fsp3) is 0.200. The maximum Gasteiger partial charge on any atom is 0.255 e. The SMILES string of the molecule is C=C(CCCC(=O)Nc1ccc(F)cc1)NC(=O)c1cccc(Cl)c1C. The Hall–Kier alpha value is -2.66. The van der Waals surface area contributed by atoms with Gasteiger partial charge in [-0.25, -0.2) is 4.39 Å². The molecule has 0 saturated carbocycles. The number of allylic oxidation sites excluding steroid dienone is 1. The Kier molecular flexibility index (Phi) is 6.92. The maximum atomic E-state index is 12.8. The van der Waals surface area contributed by atoms with Crippen molar-refractivity contribution < 1.29 is 14.0 Å². The van der Waals surface area contributed by atoms with Gasteiger partial charge in [-0.2, -0.15) is 0 Å². The highest BCUT2D eigenvalue weighted by Gasteiger charge is 2.12. The molecule has 0 fully saturated rings. The normalized spacial score (nSPS) is 10.3. The number of nitrogens with one attached hydrogen (secondary N) is 2. The molecule has 6 heteroatoms. The number of carbonyl (C=O) groups is 2. The van der Waals surface area contributed by atoms with E-state index in [1.54, 1.807) is 25.1 Å². The molecule has 0 aliphatic rings. The van der Waals surface area contributed by atoms with Gasteiger partial charge in [-0.05, 0) is 61.7 Å². The minimum absolute atomic E-state index is 0.179.